The lowest BCUT2D eigenvalue weighted by atomic mass is 9.62. The summed E-state index contributed by atoms with van der Waals surface area (Å²) in [6.45, 7) is 1.78. The normalized spacial score (nSPS) is 41.6. The lowest BCUT2D eigenvalue weighted by Gasteiger charge is -2.40. The quantitative estimate of drug-likeness (QED) is 0.348. The highest BCUT2D eigenvalue weighted by molar-refractivity contribution is 5.83. The van der Waals surface area contributed by atoms with E-state index in [0.29, 0.717) is 19.3 Å². The number of primary amides is 1. The summed E-state index contributed by atoms with van der Waals surface area (Å²) in [6, 6.07) is -0.632. The van der Waals surface area contributed by atoms with Crippen LogP contribution in [0.2, 0.25) is 0 Å². The Morgan fingerprint density at radius 2 is 2.19 bits per heavy atom. The Kier molecular flexibility index (Phi) is 3.22. The molecule has 1 amide bonds. The van der Waals surface area contributed by atoms with Crippen LogP contribution >= 0.6 is 0 Å². The summed E-state index contributed by atoms with van der Waals surface area (Å²) < 4.78 is 5.24. The van der Waals surface area contributed by atoms with E-state index in [2.05, 4.69) is 0 Å². The van der Waals surface area contributed by atoms with Crippen molar-refractivity contribution in [2.45, 2.75) is 38.3 Å². The first-order valence-corrected chi connectivity index (χ1v) is 7.24. The highest BCUT2D eigenvalue weighted by atomic mass is 16.6. The standard InChI is InChI=1S/C14H18N2O5/c1-6-11-10(14(18)21-6)5-7-4-8(16(19)20)2-3-9(7)12(11)13(15)17/h5-6,8-12H,2-4H2,1H3,(H2,15,17)/t6-,8?,9-,10-,11-,12+/m1/s1. The highest BCUT2D eigenvalue weighted by Crippen LogP contribution is 2.49. The van der Waals surface area contributed by atoms with Gasteiger partial charge in [-0.05, 0) is 19.3 Å². The Hall–Kier alpha value is -1.92. The number of hydrogen-bond donors (Lipinski definition) is 1. The summed E-state index contributed by atoms with van der Waals surface area (Å²) >= 11 is 0. The minimum Gasteiger partial charge on any atom is -0.462 e. The fourth-order valence-electron chi connectivity index (χ4n) is 4.24. The first-order valence-electron chi connectivity index (χ1n) is 7.24. The molecule has 21 heavy (non-hydrogen) atoms. The minimum atomic E-state index is -0.632. The number of amides is 1. The highest BCUT2D eigenvalue weighted by Gasteiger charge is 2.54. The van der Waals surface area contributed by atoms with Crippen molar-refractivity contribution in [3.05, 3.63) is 21.8 Å². The first-order chi connectivity index (χ1) is 9.90. The van der Waals surface area contributed by atoms with Crippen molar-refractivity contribution in [2.75, 3.05) is 0 Å². The van der Waals surface area contributed by atoms with Crippen LogP contribution in [0.5, 0.6) is 0 Å². The summed E-state index contributed by atoms with van der Waals surface area (Å²) in [6.07, 6.45) is 2.77. The van der Waals surface area contributed by atoms with Gasteiger partial charge in [0.05, 0.1) is 11.8 Å². The van der Waals surface area contributed by atoms with E-state index >= 15 is 0 Å². The predicted molar refractivity (Wildman–Crippen MR) is 71.4 cm³/mol. The number of ether oxygens (including phenoxy) is 1. The Balaban J connectivity index is 1.98. The molecular formula is C14H18N2O5. The summed E-state index contributed by atoms with van der Waals surface area (Å²) in [5.41, 5.74) is 6.40. The van der Waals surface area contributed by atoms with Crippen LogP contribution in [0, 0.1) is 33.8 Å². The number of rotatable bonds is 2. The van der Waals surface area contributed by atoms with E-state index < -0.39 is 23.8 Å². The zero-order chi connectivity index (χ0) is 15.3. The van der Waals surface area contributed by atoms with Crippen LogP contribution in [-0.2, 0) is 14.3 Å². The molecule has 7 heteroatoms. The Labute approximate surface area is 121 Å². The second-order valence-electron chi connectivity index (χ2n) is 6.24. The van der Waals surface area contributed by atoms with Crippen molar-refractivity contribution in [3.63, 3.8) is 0 Å². The number of fused-ring (bicyclic) bond motifs is 2. The van der Waals surface area contributed by atoms with E-state index in [1.807, 2.05) is 0 Å². The number of esters is 1. The van der Waals surface area contributed by atoms with E-state index in [4.69, 9.17) is 10.5 Å². The molecule has 1 saturated heterocycles. The minimum absolute atomic E-state index is 0.0862. The van der Waals surface area contributed by atoms with Gasteiger partial charge in [-0.2, -0.15) is 0 Å². The van der Waals surface area contributed by atoms with Gasteiger partial charge in [-0.1, -0.05) is 11.6 Å². The molecule has 114 valence electrons. The molecule has 3 rings (SSSR count). The number of hydrogen-bond acceptors (Lipinski definition) is 5. The van der Waals surface area contributed by atoms with E-state index in [1.165, 1.54) is 0 Å². The van der Waals surface area contributed by atoms with Crippen molar-refractivity contribution >= 4 is 11.9 Å². The van der Waals surface area contributed by atoms with E-state index in [1.54, 1.807) is 13.0 Å². The van der Waals surface area contributed by atoms with Crippen molar-refractivity contribution in [1.82, 2.24) is 0 Å². The van der Waals surface area contributed by atoms with Gasteiger partial charge in [-0.15, -0.1) is 0 Å². The molecule has 1 aliphatic heterocycles. The second kappa shape index (κ2) is 4.82. The van der Waals surface area contributed by atoms with Crippen molar-refractivity contribution in [2.24, 2.45) is 29.4 Å². The molecule has 0 aromatic rings. The predicted octanol–water partition coefficient (Wildman–Crippen LogP) is 0.651. The van der Waals surface area contributed by atoms with Gasteiger partial charge in [0.2, 0.25) is 11.9 Å². The van der Waals surface area contributed by atoms with Crippen LogP contribution in [0.3, 0.4) is 0 Å². The smallest absolute Gasteiger partial charge is 0.313 e. The van der Waals surface area contributed by atoms with Crippen LogP contribution in [0.4, 0.5) is 0 Å². The van der Waals surface area contributed by atoms with Gasteiger partial charge in [-0.25, -0.2) is 0 Å². The van der Waals surface area contributed by atoms with Gasteiger partial charge in [0.15, 0.2) is 0 Å². The molecule has 0 spiro atoms. The average molecular weight is 294 g/mol. The maximum atomic E-state index is 11.9. The number of cyclic esters (lactones) is 1. The average Bonchev–Trinajstić information content (AvgIpc) is 2.70. The van der Waals surface area contributed by atoms with Crippen LogP contribution in [-0.4, -0.2) is 28.9 Å². The molecule has 0 aromatic carbocycles. The fraction of sp³-hybridized carbons (Fsp3) is 0.714. The third-order valence-corrected chi connectivity index (χ3v) is 5.16. The summed E-state index contributed by atoms with van der Waals surface area (Å²) in [4.78, 5) is 34.5. The number of carbonyl (C=O) groups is 2. The molecule has 1 saturated carbocycles. The van der Waals surface area contributed by atoms with Gasteiger partial charge in [-0.3, -0.25) is 19.7 Å². The van der Waals surface area contributed by atoms with Gasteiger partial charge in [0.25, 0.3) is 0 Å². The molecule has 6 atom stereocenters. The molecule has 2 N–H and O–H groups in total. The zero-order valence-electron chi connectivity index (χ0n) is 11.7. The second-order valence-corrected chi connectivity index (χ2v) is 6.24. The molecule has 0 bridgehead atoms. The van der Waals surface area contributed by atoms with Crippen molar-refractivity contribution < 1.29 is 19.2 Å². The summed E-state index contributed by atoms with van der Waals surface area (Å²) in [5.74, 6) is -2.08. The molecule has 3 aliphatic rings. The SMILES string of the molecule is C[C@H]1OC(=O)[C@@H]2C=C3CC([N+](=O)[O-])CC[C@H]3[C@H](C(N)=O)[C@H]12. The first kappa shape index (κ1) is 14.0. The number of nitrogens with zero attached hydrogens (tertiary/aromatic N) is 1. The van der Waals surface area contributed by atoms with Gasteiger partial charge < -0.3 is 10.5 Å². The molecule has 7 nitrogen and oxygen atoms in total. The largest absolute Gasteiger partial charge is 0.462 e. The molecule has 1 unspecified atom stereocenters. The van der Waals surface area contributed by atoms with Gasteiger partial charge >= 0.3 is 5.97 Å². The number of nitrogens with two attached hydrogens (primary N) is 1. The van der Waals surface area contributed by atoms with E-state index in [-0.39, 0.29) is 28.8 Å². The third-order valence-electron chi connectivity index (χ3n) is 5.16. The van der Waals surface area contributed by atoms with Crippen LogP contribution in [0.1, 0.15) is 26.2 Å². The van der Waals surface area contributed by atoms with Gasteiger partial charge in [0.1, 0.15) is 6.10 Å². The Morgan fingerprint density at radius 3 is 2.81 bits per heavy atom. The number of nitro groups is 1. The maximum Gasteiger partial charge on any atom is 0.313 e. The molecule has 1 heterocycles. The summed E-state index contributed by atoms with van der Waals surface area (Å²) in [7, 11) is 0. The van der Waals surface area contributed by atoms with Crippen LogP contribution in [0.25, 0.3) is 0 Å². The van der Waals surface area contributed by atoms with Gasteiger partial charge in [0, 0.05) is 23.7 Å². The van der Waals surface area contributed by atoms with Crippen LogP contribution in [0.15, 0.2) is 11.6 Å². The fourth-order valence-corrected chi connectivity index (χ4v) is 4.24. The topological polar surface area (TPSA) is 113 Å². The van der Waals surface area contributed by atoms with Crippen molar-refractivity contribution in [1.29, 1.82) is 0 Å². The Morgan fingerprint density at radius 1 is 1.48 bits per heavy atom. The van der Waals surface area contributed by atoms with Crippen molar-refractivity contribution in [3.8, 4) is 0 Å². The van der Waals surface area contributed by atoms with Crippen LogP contribution < -0.4 is 5.73 Å². The monoisotopic (exact) mass is 294 g/mol. The lowest BCUT2D eigenvalue weighted by Crippen LogP contribution is -2.46. The lowest BCUT2D eigenvalue weighted by molar-refractivity contribution is -0.524. The third kappa shape index (κ3) is 2.11. The Bertz CT molecular complexity index is 543. The molecular weight excluding hydrogens is 276 g/mol. The molecule has 2 aliphatic carbocycles. The zero-order valence-corrected chi connectivity index (χ0v) is 11.7. The maximum absolute atomic E-state index is 11.9. The summed E-state index contributed by atoms with van der Waals surface area (Å²) in [5, 5.41) is 11.0. The van der Waals surface area contributed by atoms with E-state index in [9.17, 15) is 19.7 Å². The molecule has 2 fully saturated rings. The molecule has 0 radical (unpaired) electrons. The molecule has 0 aromatic heterocycles. The van der Waals surface area contributed by atoms with E-state index in [0.717, 1.165) is 5.57 Å². The number of carbonyl (C=O) groups excluding carboxylic acids is 2.